The van der Waals surface area contributed by atoms with Gasteiger partial charge >= 0.3 is 6.03 Å². The first kappa shape index (κ1) is 13.4. The zero-order chi connectivity index (χ0) is 11.9. The third-order valence-electron chi connectivity index (χ3n) is 2.49. The average Bonchev–Trinajstić information content (AvgIpc) is 2.70. The largest absolute Gasteiger partial charge is 0.387 e. The Kier molecular flexibility index (Phi) is 5.69. The highest BCUT2D eigenvalue weighted by Crippen LogP contribution is 2.26. The maximum Gasteiger partial charge on any atom is 0.314 e. The van der Waals surface area contributed by atoms with E-state index in [1.807, 2.05) is 19.1 Å². The van der Waals surface area contributed by atoms with Crippen LogP contribution in [0.5, 0.6) is 0 Å². The van der Waals surface area contributed by atoms with Crippen LogP contribution in [0.3, 0.4) is 0 Å². The molecule has 1 fully saturated rings. The van der Waals surface area contributed by atoms with Crippen molar-refractivity contribution in [2.24, 2.45) is 0 Å². The lowest BCUT2D eigenvalue weighted by Crippen LogP contribution is -2.46. The second-order valence-electron chi connectivity index (χ2n) is 3.99. The molecule has 3 N–H and O–H groups in total. The number of aliphatic hydroxyl groups is 1. The number of allylic oxidation sites excluding steroid dienone is 1. The van der Waals surface area contributed by atoms with Gasteiger partial charge in [0.2, 0.25) is 0 Å². The molecule has 0 saturated carbocycles. The topological polar surface area (TPSA) is 61.4 Å². The Morgan fingerprint density at radius 2 is 2.38 bits per heavy atom. The van der Waals surface area contributed by atoms with Crippen LogP contribution < -0.4 is 10.6 Å². The molecule has 0 spiro atoms. The number of hydrogen-bond donors (Lipinski definition) is 3. The second kappa shape index (κ2) is 6.81. The van der Waals surface area contributed by atoms with Gasteiger partial charge in [-0.3, -0.25) is 0 Å². The number of carbonyl (C=O) groups excluding carboxylic acids is 1. The minimum absolute atomic E-state index is 0.199. The SMILES string of the molecule is CC=CCCNC(=O)NCC1(O)CCSC1. The highest BCUT2D eigenvalue weighted by Gasteiger charge is 2.31. The zero-order valence-corrected chi connectivity index (χ0v) is 10.5. The van der Waals surface area contributed by atoms with Crippen molar-refractivity contribution in [3.05, 3.63) is 12.2 Å². The number of amides is 2. The Morgan fingerprint density at radius 1 is 1.56 bits per heavy atom. The van der Waals surface area contributed by atoms with Crippen LogP contribution in [0.2, 0.25) is 0 Å². The van der Waals surface area contributed by atoms with Crippen molar-refractivity contribution in [3.8, 4) is 0 Å². The molecule has 1 atom stereocenters. The summed E-state index contributed by atoms with van der Waals surface area (Å²) in [6.45, 7) is 2.92. The number of hydrogen-bond acceptors (Lipinski definition) is 3. The monoisotopic (exact) mass is 244 g/mol. The van der Waals surface area contributed by atoms with Crippen LogP contribution in [0.4, 0.5) is 4.79 Å². The van der Waals surface area contributed by atoms with E-state index in [1.165, 1.54) is 0 Å². The van der Waals surface area contributed by atoms with Gasteiger partial charge in [0.25, 0.3) is 0 Å². The summed E-state index contributed by atoms with van der Waals surface area (Å²) >= 11 is 1.73. The molecule has 1 heterocycles. The molecule has 1 aliphatic rings. The summed E-state index contributed by atoms with van der Waals surface area (Å²) < 4.78 is 0. The van der Waals surface area contributed by atoms with E-state index in [0.29, 0.717) is 18.8 Å². The maximum absolute atomic E-state index is 11.3. The van der Waals surface area contributed by atoms with Crippen LogP contribution in [0.25, 0.3) is 0 Å². The summed E-state index contributed by atoms with van der Waals surface area (Å²) in [6, 6.07) is -0.199. The summed E-state index contributed by atoms with van der Waals surface area (Å²) in [5.74, 6) is 1.69. The maximum atomic E-state index is 11.3. The fourth-order valence-corrected chi connectivity index (χ4v) is 2.77. The normalized spacial score (nSPS) is 24.9. The van der Waals surface area contributed by atoms with Crippen molar-refractivity contribution < 1.29 is 9.90 Å². The van der Waals surface area contributed by atoms with Gasteiger partial charge in [-0.2, -0.15) is 11.8 Å². The Balaban J connectivity index is 2.10. The van der Waals surface area contributed by atoms with E-state index in [4.69, 9.17) is 0 Å². The molecule has 0 bridgehead atoms. The molecule has 1 saturated heterocycles. The quantitative estimate of drug-likeness (QED) is 0.502. The lowest BCUT2D eigenvalue weighted by atomic mass is 10.0. The van der Waals surface area contributed by atoms with Crippen molar-refractivity contribution >= 4 is 17.8 Å². The van der Waals surface area contributed by atoms with Crippen molar-refractivity contribution in [2.45, 2.75) is 25.4 Å². The average molecular weight is 244 g/mol. The first-order valence-electron chi connectivity index (χ1n) is 5.59. The number of urea groups is 1. The molecule has 16 heavy (non-hydrogen) atoms. The van der Waals surface area contributed by atoms with Crippen molar-refractivity contribution in [2.75, 3.05) is 24.6 Å². The Morgan fingerprint density at radius 3 is 3.00 bits per heavy atom. The molecule has 0 aromatic rings. The van der Waals surface area contributed by atoms with Crippen LogP contribution in [-0.4, -0.2) is 41.3 Å². The molecule has 0 aromatic carbocycles. The van der Waals surface area contributed by atoms with E-state index >= 15 is 0 Å². The Bertz CT molecular complexity index is 250. The van der Waals surface area contributed by atoms with E-state index in [9.17, 15) is 9.90 Å². The molecule has 0 radical (unpaired) electrons. The first-order valence-corrected chi connectivity index (χ1v) is 6.75. The van der Waals surface area contributed by atoms with Gasteiger partial charge in [-0.25, -0.2) is 4.79 Å². The van der Waals surface area contributed by atoms with E-state index in [2.05, 4.69) is 10.6 Å². The number of rotatable bonds is 5. The van der Waals surface area contributed by atoms with Crippen molar-refractivity contribution in [1.29, 1.82) is 0 Å². The number of nitrogens with one attached hydrogen (secondary N) is 2. The predicted octanol–water partition coefficient (Wildman–Crippen LogP) is 1.12. The Hall–Kier alpha value is -0.680. The smallest absolute Gasteiger partial charge is 0.314 e. The summed E-state index contributed by atoms with van der Waals surface area (Å²) in [5, 5.41) is 15.4. The summed E-state index contributed by atoms with van der Waals surface area (Å²) in [6.07, 6.45) is 5.56. The van der Waals surface area contributed by atoms with Crippen molar-refractivity contribution in [3.63, 3.8) is 0 Å². The van der Waals surface area contributed by atoms with Crippen LogP contribution in [0.1, 0.15) is 19.8 Å². The van der Waals surface area contributed by atoms with E-state index in [0.717, 1.165) is 18.6 Å². The molecule has 0 aliphatic carbocycles. The molecule has 2 amide bonds. The molecule has 0 aromatic heterocycles. The van der Waals surface area contributed by atoms with Crippen molar-refractivity contribution in [1.82, 2.24) is 10.6 Å². The van der Waals surface area contributed by atoms with Gasteiger partial charge < -0.3 is 15.7 Å². The van der Waals surface area contributed by atoms with Gasteiger partial charge in [-0.1, -0.05) is 12.2 Å². The first-order chi connectivity index (χ1) is 7.66. The minimum Gasteiger partial charge on any atom is -0.387 e. The summed E-state index contributed by atoms with van der Waals surface area (Å²) in [5.41, 5.74) is -0.703. The van der Waals surface area contributed by atoms with E-state index in [-0.39, 0.29) is 6.03 Å². The molecule has 5 heteroatoms. The predicted molar refractivity (Wildman–Crippen MR) is 67.7 cm³/mol. The van der Waals surface area contributed by atoms with Gasteiger partial charge in [0.15, 0.2) is 0 Å². The third kappa shape index (κ3) is 4.90. The van der Waals surface area contributed by atoms with Gasteiger partial charge in [0.05, 0.1) is 5.60 Å². The molecular weight excluding hydrogens is 224 g/mol. The standard InChI is InChI=1S/C11H20N2O2S/c1-2-3-4-6-12-10(14)13-8-11(15)5-7-16-9-11/h2-3,15H,4-9H2,1H3,(H2,12,13,14). The highest BCUT2D eigenvalue weighted by atomic mass is 32.2. The minimum atomic E-state index is -0.703. The lowest BCUT2D eigenvalue weighted by Gasteiger charge is -2.21. The van der Waals surface area contributed by atoms with E-state index < -0.39 is 5.60 Å². The van der Waals surface area contributed by atoms with Crippen LogP contribution in [0.15, 0.2) is 12.2 Å². The summed E-state index contributed by atoms with van der Waals surface area (Å²) in [7, 11) is 0. The fraction of sp³-hybridized carbons (Fsp3) is 0.727. The molecule has 1 aliphatic heterocycles. The number of thioether (sulfide) groups is 1. The second-order valence-corrected chi connectivity index (χ2v) is 5.10. The molecule has 1 unspecified atom stereocenters. The van der Waals surface area contributed by atoms with E-state index in [1.54, 1.807) is 11.8 Å². The molecular formula is C11H20N2O2S. The van der Waals surface area contributed by atoms with Crippen LogP contribution in [0, 0.1) is 0 Å². The fourth-order valence-electron chi connectivity index (χ4n) is 1.48. The molecule has 92 valence electrons. The molecule has 4 nitrogen and oxygen atoms in total. The third-order valence-corrected chi connectivity index (χ3v) is 3.73. The van der Waals surface area contributed by atoms with Crippen LogP contribution >= 0.6 is 11.8 Å². The highest BCUT2D eigenvalue weighted by molar-refractivity contribution is 7.99. The molecule has 1 rings (SSSR count). The van der Waals surface area contributed by atoms with Gasteiger partial charge in [0.1, 0.15) is 0 Å². The van der Waals surface area contributed by atoms with Crippen LogP contribution in [-0.2, 0) is 0 Å². The zero-order valence-electron chi connectivity index (χ0n) is 9.66. The van der Waals surface area contributed by atoms with Gasteiger partial charge in [-0.05, 0) is 25.5 Å². The Labute approximate surface area is 101 Å². The van der Waals surface area contributed by atoms with Gasteiger partial charge in [0, 0.05) is 18.8 Å². The summed E-state index contributed by atoms with van der Waals surface area (Å²) in [4.78, 5) is 11.3. The number of carbonyl (C=O) groups is 1. The van der Waals surface area contributed by atoms with Gasteiger partial charge in [-0.15, -0.1) is 0 Å². The lowest BCUT2D eigenvalue weighted by molar-refractivity contribution is 0.0700.